The van der Waals surface area contributed by atoms with Crippen molar-refractivity contribution in [1.29, 1.82) is 0 Å². The van der Waals surface area contributed by atoms with Crippen molar-refractivity contribution in [3.63, 3.8) is 0 Å². The number of aromatic nitrogens is 2. The molecule has 0 fully saturated rings. The number of benzene rings is 4. The van der Waals surface area contributed by atoms with E-state index in [1.807, 2.05) is 48.5 Å². The van der Waals surface area contributed by atoms with Crippen LogP contribution in [0.2, 0.25) is 0 Å². The van der Waals surface area contributed by atoms with Crippen LogP contribution in [-0.2, 0) is 26.8 Å². The van der Waals surface area contributed by atoms with Gasteiger partial charge in [-0.25, -0.2) is 22.8 Å². The van der Waals surface area contributed by atoms with Crippen LogP contribution in [0.1, 0.15) is 17.5 Å². The number of nitrogens with one attached hydrogen (secondary N) is 2. The van der Waals surface area contributed by atoms with Crippen LogP contribution in [0.4, 0.5) is 15.9 Å². The van der Waals surface area contributed by atoms with Crippen molar-refractivity contribution in [2.45, 2.75) is 23.5 Å². The van der Waals surface area contributed by atoms with Crippen LogP contribution in [-0.4, -0.2) is 37.2 Å². The molecule has 0 radical (unpaired) electrons. The Kier molecular flexibility index (Phi) is 9.11. The number of sulfone groups is 1. The second-order valence-corrected chi connectivity index (χ2v) is 13.6. The molecule has 1 aliphatic heterocycles. The van der Waals surface area contributed by atoms with Gasteiger partial charge in [0.25, 0.3) is 0 Å². The van der Waals surface area contributed by atoms with Gasteiger partial charge < -0.3 is 20.1 Å². The van der Waals surface area contributed by atoms with E-state index >= 15 is 0 Å². The molecule has 5 aromatic rings. The van der Waals surface area contributed by atoms with Crippen molar-refractivity contribution in [3.8, 4) is 5.75 Å². The lowest BCUT2D eigenvalue weighted by atomic mass is 9.90. The number of hydrogen-bond donors (Lipinski definition) is 2. The molecule has 2 heterocycles. The second-order valence-electron chi connectivity index (χ2n) is 10.6. The predicted molar refractivity (Wildman–Crippen MR) is 176 cm³/mol. The molecule has 45 heavy (non-hydrogen) atoms. The molecule has 8 nitrogen and oxygen atoms in total. The standard InChI is InChI=1S/C34H30BrFN4O4S/c35-30-20-27(11-13-32(30)43-21-24-6-4-7-26(36)18-24)40-33-29-19-25(10-12-31(29)38-23-39-33)34(14-5-16-44-34)22-37-15-17-45(41,42)28-8-2-1-3-9-28/h1-13,16,18-20,23,37H,14-15,17,21-22H2,(H,38,39,40). The Labute approximate surface area is 269 Å². The number of anilines is 2. The summed E-state index contributed by atoms with van der Waals surface area (Å²) in [6.07, 6.45) is 5.77. The van der Waals surface area contributed by atoms with Gasteiger partial charge in [-0.2, -0.15) is 0 Å². The van der Waals surface area contributed by atoms with E-state index in [0.717, 1.165) is 32.2 Å². The molecule has 0 aliphatic carbocycles. The van der Waals surface area contributed by atoms with Crippen molar-refractivity contribution >= 4 is 48.2 Å². The number of ether oxygens (including phenoxy) is 2. The van der Waals surface area contributed by atoms with Gasteiger partial charge in [0.1, 0.15) is 35.9 Å². The fourth-order valence-corrected chi connectivity index (χ4v) is 6.88. The molecular formula is C34H30BrFN4O4S. The average Bonchev–Trinajstić information content (AvgIpc) is 3.53. The van der Waals surface area contributed by atoms with E-state index < -0.39 is 15.4 Å². The predicted octanol–water partition coefficient (Wildman–Crippen LogP) is 7.05. The zero-order chi connectivity index (χ0) is 31.3. The van der Waals surface area contributed by atoms with Crippen LogP contribution in [0.3, 0.4) is 0 Å². The smallest absolute Gasteiger partial charge is 0.179 e. The Morgan fingerprint density at radius 1 is 0.978 bits per heavy atom. The van der Waals surface area contributed by atoms with Crippen LogP contribution in [0.15, 0.2) is 119 Å². The highest BCUT2D eigenvalue weighted by atomic mass is 79.9. The molecule has 0 amide bonds. The van der Waals surface area contributed by atoms with Crippen LogP contribution in [0, 0.1) is 5.82 Å². The van der Waals surface area contributed by atoms with Gasteiger partial charge in [0.15, 0.2) is 9.84 Å². The van der Waals surface area contributed by atoms with E-state index in [1.165, 1.54) is 18.5 Å². The van der Waals surface area contributed by atoms with E-state index in [1.54, 1.807) is 42.7 Å². The normalized spacial score (nSPS) is 16.0. The van der Waals surface area contributed by atoms with E-state index in [4.69, 9.17) is 9.47 Å². The van der Waals surface area contributed by atoms with E-state index in [9.17, 15) is 12.8 Å². The first-order chi connectivity index (χ1) is 21.8. The minimum absolute atomic E-state index is 0.0235. The monoisotopic (exact) mass is 688 g/mol. The number of hydrogen-bond acceptors (Lipinski definition) is 8. The van der Waals surface area contributed by atoms with Crippen LogP contribution >= 0.6 is 15.9 Å². The highest BCUT2D eigenvalue weighted by Gasteiger charge is 2.35. The zero-order valence-electron chi connectivity index (χ0n) is 24.1. The highest BCUT2D eigenvalue weighted by molar-refractivity contribution is 9.10. The van der Waals surface area contributed by atoms with Gasteiger partial charge in [-0.05, 0) is 87.7 Å². The second kappa shape index (κ2) is 13.4. The van der Waals surface area contributed by atoms with Gasteiger partial charge in [-0.15, -0.1) is 0 Å². The number of fused-ring (bicyclic) bond motifs is 1. The lowest BCUT2D eigenvalue weighted by molar-refractivity contribution is 0.0419. The van der Waals surface area contributed by atoms with E-state index in [0.29, 0.717) is 29.4 Å². The van der Waals surface area contributed by atoms with Gasteiger partial charge in [0.05, 0.1) is 26.9 Å². The van der Waals surface area contributed by atoms with Gasteiger partial charge in [-0.3, -0.25) is 0 Å². The van der Waals surface area contributed by atoms with Gasteiger partial charge in [0.2, 0.25) is 0 Å². The summed E-state index contributed by atoms with van der Waals surface area (Å²) in [5, 5.41) is 7.49. The summed E-state index contributed by atoms with van der Waals surface area (Å²) in [5.41, 5.74) is 2.48. The molecule has 0 bridgehead atoms. The third-order valence-corrected chi connectivity index (χ3v) is 9.89. The zero-order valence-corrected chi connectivity index (χ0v) is 26.5. The highest BCUT2D eigenvalue weighted by Crippen LogP contribution is 2.37. The van der Waals surface area contributed by atoms with E-state index in [2.05, 4.69) is 36.5 Å². The first-order valence-corrected chi connectivity index (χ1v) is 16.8. The molecule has 1 unspecified atom stereocenters. The number of halogens is 2. The lowest BCUT2D eigenvalue weighted by Crippen LogP contribution is -2.39. The molecule has 230 valence electrons. The first-order valence-electron chi connectivity index (χ1n) is 14.3. The molecule has 1 aromatic heterocycles. The Balaban J connectivity index is 1.17. The minimum atomic E-state index is -3.40. The lowest BCUT2D eigenvalue weighted by Gasteiger charge is -2.30. The number of rotatable bonds is 12. The molecule has 1 atom stereocenters. The van der Waals surface area contributed by atoms with Crippen molar-refractivity contribution in [3.05, 3.63) is 131 Å². The van der Waals surface area contributed by atoms with E-state index in [-0.39, 0.29) is 24.7 Å². The average molecular weight is 690 g/mol. The summed E-state index contributed by atoms with van der Waals surface area (Å²) in [4.78, 5) is 9.28. The molecule has 0 spiro atoms. The summed E-state index contributed by atoms with van der Waals surface area (Å²) < 4.78 is 51.7. The Bertz CT molecular complexity index is 1950. The Hall–Kier alpha value is -4.32. The summed E-state index contributed by atoms with van der Waals surface area (Å²) in [6.45, 7) is 0.928. The molecule has 0 saturated heterocycles. The summed E-state index contributed by atoms with van der Waals surface area (Å²) in [7, 11) is -3.40. The number of nitrogens with zero attached hydrogens (tertiary/aromatic N) is 2. The quantitative estimate of drug-likeness (QED) is 0.135. The summed E-state index contributed by atoms with van der Waals surface area (Å²) in [6, 6.07) is 26.3. The van der Waals surface area contributed by atoms with Gasteiger partial charge in [-0.1, -0.05) is 36.4 Å². The van der Waals surface area contributed by atoms with Crippen LogP contribution < -0.4 is 15.4 Å². The first kappa shape index (κ1) is 30.7. The molecule has 4 aromatic carbocycles. The maximum absolute atomic E-state index is 13.5. The molecule has 11 heteroatoms. The Morgan fingerprint density at radius 2 is 1.84 bits per heavy atom. The summed E-state index contributed by atoms with van der Waals surface area (Å²) in [5.74, 6) is 0.911. The maximum Gasteiger partial charge on any atom is 0.179 e. The van der Waals surface area contributed by atoms with Crippen LogP contribution in [0.5, 0.6) is 5.75 Å². The topological polar surface area (TPSA) is 102 Å². The fraction of sp³-hybridized carbons (Fsp3) is 0.176. The van der Waals surface area contributed by atoms with Crippen molar-refractivity contribution in [2.75, 3.05) is 24.2 Å². The molecule has 6 rings (SSSR count). The maximum atomic E-state index is 13.5. The molecule has 2 N–H and O–H groups in total. The summed E-state index contributed by atoms with van der Waals surface area (Å²) >= 11 is 3.58. The Morgan fingerprint density at radius 3 is 2.62 bits per heavy atom. The van der Waals surface area contributed by atoms with Crippen molar-refractivity contribution < 1.29 is 22.3 Å². The fourth-order valence-electron chi connectivity index (χ4n) is 5.17. The third-order valence-electron chi connectivity index (χ3n) is 7.54. The SMILES string of the molecule is O=S(=O)(CCNCC1(c2ccc3ncnc(Nc4ccc(OCc5cccc(F)c5)c(Br)c4)c3c2)CC=CO1)c1ccccc1. The van der Waals surface area contributed by atoms with Crippen LogP contribution in [0.25, 0.3) is 10.9 Å². The van der Waals surface area contributed by atoms with Gasteiger partial charge in [0, 0.05) is 30.6 Å². The third kappa shape index (κ3) is 7.16. The van der Waals surface area contributed by atoms with Gasteiger partial charge >= 0.3 is 0 Å². The molecule has 1 aliphatic rings. The van der Waals surface area contributed by atoms with Crippen molar-refractivity contribution in [2.24, 2.45) is 0 Å². The largest absolute Gasteiger partial charge is 0.489 e. The van der Waals surface area contributed by atoms with Crippen molar-refractivity contribution in [1.82, 2.24) is 15.3 Å². The molecular weight excluding hydrogens is 659 g/mol. The minimum Gasteiger partial charge on any atom is -0.489 e. The molecule has 0 saturated carbocycles.